The number of fused-ring (bicyclic) bond motifs is 1. The second-order valence-corrected chi connectivity index (χ2v) is 6.37. The third-order valence-electron chi connectivity index (χ3n) is 4.25. The van der Waals surface area contributed by atoms with Crippen LogP contribution < -0.4 is 5.32 Å². The van der Waals surface area contributed by atoms with E-state index in [-0.39, 0.29) is 33.8 Å². The quantitative estimate of drug-likeness (QED) is 0.258. The molecule has 2 aromatic carbocycles. The smallest absolute Gasteiger partial charge is 0.319 e. The fourth-order valence-electron chi connectivity index (χ4n) is 2.73. The van der Waals surface area contributed by atoms with Gasteiger partial charge in [0.2, 0.25) is 0 Å². The number of nitro benzene ring substituents is 1. The molecule has 12 nitrogen and oxygen atoms in total. The Labute approximate surface area is 173 Å². The van der Waals surface area contributed by atoms with Gasteiger partial charge in [-0.2, -0.15) is 0 Å². The Morgan fingerprint density at radius 3 is 2.42 bits per heavy atom. The first-order valence-corrected chi connectivity index (χ1v) is 8.68. The van der Waals surface area contributed by atoms with Crippen LogP contribution in [0.2, 0.25) is 0 Å². The van der Waals surface area contributed by atoms with Gasteiger partial charge in [-0.25, -0.2) is 4.98 Å². The van der Waals surface area contributed by atoms with Gasteiger partial charge in [0.15, 0.2) is 5.78 Å². The van der Waals surface area contributed by atoms with Crippen LogP contribution in [0.4, 0.5) is 11.4 Å². The second kappa shape index (κ2) is 8.41. The summed E-state index contributed by atoms with van der Waals surface area (Å²) in [6, 6.07) is 7.09. The van der Waals surface area contributed by atoms with Crippen LogP contribution in [-0.4, -0.2) is 37.3 Å². The number of aromatic nitrogens is 2. The van der Waals surface area contributed by atoms with Crippen molar-refractivity contribution >= 4 is 39.9 Å². The van der Waals surface area contributed by atoms with Crippen molar-refractivity contribution in [2.24, 2.45) is 0 Å². The number of carbonyl (C=O) groups excluding carboxylic acids is 3. The minimum absolute atomic E-state index is 0.0408. The normalized spacial score (nSPS) is 11.5. The molecule has 31 heavy (non-hydrogen) atoms. The van der Waals surface area contributed by atoms with Crippen molar-refractivity contribution < 1.29 is 24.2 Å². The molecule has 0 saturated carbocycles. The van der Waals surface area contributed by atoms with E-state index in [1.54, 1.807) is 0 Å². The SMILES string of the molecule is CC(=O)c1cccc(NC(=O)C(=O)C(c2cnc3ccc([N+](=O)[O-])cc3n2)[N+](=O)[O-])c1. The van der Waals surface area contributed by atoms with E-state index in [2.05, 4.69) is 15.3 Å². The molecule has 0 aliphatic heterocycles. The van der Waals surface area contributed by atoms with Crippen LogP contribution in [0.5, 0.6) is 0 Å². The largest absolute Gasteiger partial charge is 0.322 e. The summed E-state index contributed by atoms with van der Waals surface area (Å²) in [5.74, 6) is -2.98. The molecular formula is C19H13N5O7. The highest BCUT2D eigenvalue weighted by Crippen LogP contribution is 2.22. The summed E-state index contributed by atoms with van der Waals surface area (Å²) in [4.78, 5) is 65.0. The summed E-state index contributed by atoms with van der Waals surface area (Å²) in [6.45, 7) is 1.32. The number of hydrogen-bond donors (Lipinski definition) is 1. The summed E-state index contributed by atoms with van der Waals surface area (Å²) < 4.78 is 0. The molecule has 3 aromatic rings. The van der Waals surface area contributed by atoms with Gasteiger partial charge in [-0.15, -0.1) is 0 Å². The molecule has 1 N–H and O–H groups in total. The minimum atomic E-state index is -2.17. The van der Waals surface area contributed by atoms with Gasteiger partial charge >= 0.3 is 6.04 Å². The van der Waals surface area contributed by atoms with Crippen molar-refractivity contribution in [3.8, 4) is 0 Å². The molecule has 0 fully saturated rings. The average molecular weight is 423 g/mol. The van der Waals surface area contributed by atoms with Crippen LogP contribution in [-0.2, 0) is 9.59 Å². The first-order chi connectivity index (χ1) is 14.7. The molecule has 1 atom stereocenters. The maximum Gasteiger partial charge on any atom is 0.322 e. The van der Waals surface area contributed by atoms with Gasteiger partial charge in [0.1, 0.15) is 5.69 Å². The number of Topliss-reactive ketones (excluding diaryl/α,β-unsaturated/α-hetero) is 2. The van der Waals surface area contributed by atoms with Crippen LogP contribution in [0, 0.1) is 20.2 Å². The van der Waals surface area contributed by atoms with Gasteiger partial charge < -0.3 is 5.32 Å². The average Bonchev–Trinajstić information content (AvgIpc) is 2.73. The molecule has 1 heterocycles. The highest BCUT2D eigenvalue weighted by atomic mass is 16.6. The number of ketones is 2. The van der Waals surface area contributed by atoms with Crippen molar-refractivity contribution in [1.29, 1.82) is 0 Å². The molecule has 0 spiro atoms. The number of non-ortho nitro benzene ring substituents is 1. The molecule has 156 valence electrons. The summed E-state index contributed by atoms with van der Waals surface area (Å²) in [5.41, 5.74) is -0.205. The van der Waals surface area contributed by atoms with E-state index in [0.717, 1.165) is 12.3 Å². The van der Waals surface area contributed by atoms with Gasteiger partial charge in [0.05, 0.1) is 22.2 Å². The van der Waals surface area contributed by atoms with Gasteiger partial charge in [-0.05, 0) is 25.1 Å². The zero-order chi connectivity index (χ0) is 22.7. The predicted molar refractivity (Wildman–Crippen MR) is 106 cm³/mol. The molecule has 1 aromatic heterocycles. The van der Waals surface area contributed by atoms with Crippen LogP contribution in [0.1, 0.15) is 29.0 Å². The maximum absolute atomic E-state index is 12.5. The van der Waals surface area contributed by atoms with Crippen molar-refractivity contribution in [3.05, 3.63) is 80.1 Å². The lowest BCUT2D eigenvalue weighted by atomic mass is 10.1. The van der Waals surface area contributed by atoms with Crippen LogP contribution in [0.3, 0.4) is 0 Å². The van der Waals surface area contributed by atoms with Crippen molar-refractivity contribution in [2.45, 2.75) is 13.0 Å². The molecule has 0 bridgehead atoms. The highest BCUT2D eigenvalue weighted by Gasteiger charge is 2.38. The Morgan fingerprint density at radius 2 is 1.77 bits per heavy atom. The number of hydrogen-bond acceptors (Lipinski definition) is 9. The number of amides is 1. The van der Waals surface area contributed by atoms with E-state index in [9.17, 15) is 34.6 Å². The topological polar surface area (TPSA) is 175 Å². The molecule has 1 amide bonds. The van der Waals surface area contributed by atoms with Gasteiger partial charge in [0.25, 0.3) is 17.4 Å². The fourth-order valence-corrected chi connectivity index (χ4v) is 2.73. The maximum atomic E-state index is 12.5. The molecule has 0 radical (unpaired) electrons. The number of rotatable bonds is 7. The molecule has 3 rings (SSSR count). The van der Waals surface area contributed by atoms with Crippen LogP contribution >= 0.6 is 0 Å². The number of nitrogens with one attached hydrogen (secondary N) is 1. The second-order valence-electron chi connectivity index (χ2n) is 6.37. The van der Waals surface area contributed by atoms with Gasteiger partial charge in [-0.3, -0.25) is 39.6 Å². The summed E-state index contributed by atoms with van der Waals surface area (Å²) in [7, 11) is 0. The Bertz CT molecular complexity index is 1260. The van der Waals surface area contributed by atoms with Crippen molar-refractivity contribution in [2.75, 3.05) is 5.32 Å². The zero-order valence-corrected chi connectivity index (χ0v) is 15.8. The standard InChI is InChI=1S/C19H13N5O7/c1-10(25)11-3-2-4-12(7-11)21-19(27)18(26)17(24(30)31)16-9-20-14-6-5-13(23(28)29)8-15(14)22-16/h2-9,17H,1H3,(H,21,27). The van der Waals surface area contributed by atoms with Crippen molar-refractivity contribution in [3.63, 3.8) is 0 Å². The number of nitro groups is 2. The van der Waals surface area contributed by atoms with E-state index in [1.807, 2.05) is 0 Å². The lowest BCUT2D eigenvalue weighted by molar-refractivity contribution is -0.513. The predicted octanol–water partition coefficient (Wildman–Crippen LogP) is 2.27. The Kier molecular flexibility index (Phi) is 5.72. The number of nitrogens with zero attached hydrogens (tertiary/aromatic N) is 4. The van der Waals surface area contributed by atoms with E-state index in [1.165, 1.54) is 43.3 Å². The monoisotopic (exact) mass is 423 g/mol. The Morgan fingerprint density at radius 1 is 1.03 bits per heavy atom. The number of anilines is 1. The third kappa shape index (κ3) is 4.53. The first kappa shape index (κ1) is 21.1. The molecule has 0 saturated heterocycles. The molecular weight excluding hydrogens is 410 g/mol. The third-order valence-corrected chi connectivity index (χ3v) is 4.25. The number of benzene rings is 2. The first-order valence-electron chi connectivity index (χ1n) is 8.68. The lowest BCUT2D eigenvalue weighted by Gasteiger charge is -2.09. The van der Waals surface area contributed by atoms with E-state index in [0.29, 0.717) is 0 Å². The van der Waals surface area contributed by atoms with Gasteiger partial charge in [-0.1, -0.05) is 12.1 Å². The summed E-state index contributed by atoms with van der Waals surface area (Å²) in [5, 5.41) is 24.7. The molecule has 0 aliphatic carbocycles. The lowest BCUT2D eigenvalue weighted by Crippen LogP contribution is -2.33. The van der Waals surface area contributed by atoms with E-state index in [4.69, 9.17) is 0 Å². The van der Waals surface area contributed by atoms with Crippen LogP contribution in [0.25, 0.3) is 11.0 Å². The number of carbonyl (C=O) groups is 3. The highest BCUT2D eigenvalue weighted by molar-refractivity contribution is 6.42. The van der Waals surface area contributed by atoms with E-state index < -0.39 is 33.3 Å². The molecule has 1 unspecified atom stereocenters. The van der Waals surface area contributed by atoms with E-state index >= 15 is 0 Å². The minimum Gasteiger partial charge on any atom is -0.319 e. The Balaban J connectivity index is 1.92. The van der Waals surface area contributed by atoms with Crippen molar-refractivity contribution in [1.82, 2.24) is 9.97 Å². The van der Waals surface area contributed by atoms with Gasteiger partial charge in [0, 0.05) is 28.3 Å². The molecule has 0 aliphatic rings. The zero-order valence-electron chi connectivity index (χ0n) is 15.8. The summed E-state index contributed by atoms with van der Waals surface area (Å²) >= 11 is 0. The fraction of sp³-hybridized carbons (Fsp3) is 0.105. The summed E-state index contributed by atoms with van der Waals surface area (Å²) in [6.07, 6.45) is 0.961. The Hall–Kier alpha value is -4.61. The molecule has 12 heteroatoms. The van der Waals surface area contributed by atoms with Crippen LogP contribution in [0.15, 0.2) is 48.7 Å².